The smallest absolute Gasteiger partial charge is 0.243 e. The minimum Gasteiger partial charge on any atom is -0.359 e. The third-order valence-corrected chi connectivity index (χ3v) is 3.81. The first kappa shape index (κ1) is 13.6. The molecule has 108 valence electrons. The van der Waals surface area contributed by atoms with Crippen molar-refractivity contribution in [3.05, 3.63) is 59.9 Å². The standard InChI is InChI=1S/C17H17FN2O/c1-12-10-13-6-2-5-9-16(13)20(12)11-17(21)19-15-8-4-3-7-14(15)18/h2-9,12H,10-11H2,1H3,(H,19,21). The molecule has 2 aromatic rings. The Balaban J connectivity index is 1.72. The number of nitrogens with zero attached hydrogens (tertiary/aromatic N) is 1. The number of para-hydroxylation sites is 2. The predicted molar refractivity (Wildman–Crippen MR) is 82.0 cm³/mol. The van der Waals surface area contributed by atoms with Crippen molar-refractivity contribution in [2.45, 2.75) is 19.4 Å². The second kappa shape index (κ2) is 5.56. The Labute approximate surface area is 123 Å². The predicted octanol–water partition coefficient (Wildman–Crippen LogP) is 3.22. The van der Waals surface area contributed by atoms with Gasteiger partial charge in [0.1, 0.15) is 5.82 Å². The zero-order valence-electron chi connectivity index (χ0n) is 11.8. The molecule has 1 unspecified atom stereocenters. The maximum Gasteiger partial charge on any atom is 0.243 e. The van der Waals surface area contributed by atoms with Crippen LogP contribution in [-0.4, -0.2) is 18.5 Å². The molecule has 0 aromatic heterocycles. The van der Waals surface area contributed by atoms with Gasteiger partial charge in [-0.25, -0.2) is 4.39 Å². The summed E-state index contributed by atoms with van der Waals surface area (Å²) in [6.45, 7) is 2.32. The van der Waals surface area contributed by atoms with Crippen LogP contribution < -0.4 is 10.2 Å². The van der Waals surface area contributed by atoms with E-state index in [0.717, 1.165) is 12.1 Å². The van der Waals surface area contributed by atoms with Gasteiger partial charge in [0.05, 0.1) is 12.2 Å². The van der Waals surface area contributed by atoms with Crippen LogP contribution in [-0.2, 0) is 11.2 Å². The summed E-state index contributed by atoms with van der Waals surface area (Å²) >= 11 is 0. The summed E-state index contributed by atoms with van der Waals surface area (Å²) in [4.78, 5) is 14.2. The molecule has 0 bridgehead atoms. The summed E-state index contributed by atoms with van der Waals surface area (Å²) in [5, 5.41) is 2.63. The molecule has 2 aromatic carbocycles. The van der Waals surface area contributed by atoms with E-state index < -0.39 is 5.82 Å². The lowest BCUT2D eigenvalue weighted by atomic mass is 10.1. The summed E-state index contributed by atoms with van der Waals surface area (Å²) in [6.07, 6.45) is 0.934. The second-order valence-electron chi connectivity index (χ2n) is 5.34. The van der Waals surface area contributed by atoms with E-state index in [9.17, 15) is 9.18 Å². The largest absolute Gasteiger partial charge is 0.359 e. The highest BCUT2D eigenvalue weighted by Gasteiger charge is 2.27. The van der Waals surface area contributed by atoms with Crippen LogP contribution in [0.5, 0.6) is 0 Å². The zero-order valence-corrected chi connectivity index (χ0v) is 11.8. The van der Waals surface area contributed by atoms with Crippen LogP contribution in [0.3, 0.4) is 0 Å². The summed E-state index contributed by atoms with van der Waals surface area (Å²) in [5.41, 5.74) is 2.57. The number of fused-ring (bicyclic) bond motifs is 1. The second-order valence-corrected chi connectivity index (χ2v) is 5.34. The molecule has 1 heterocycles. The summed E-state index contributed by atoms with van der Waals surface area (Å²) < 4.78 is 13.6. The van der Waals surface area contributed by atoms with E-state index in [0.29, 0.717) is 0 Å². The van der Waals surface area contributed by atoms with Crippen LogP contribution in [0.4, 0.5) is 15.8 Å². The molecular weight excluding hydrogens is 267 g/mol. The fourth-order valence-corrected chi connectivity index (χ4v) is 2.78. The van der Waals surface area contributed by atoms with E-state index >= 15 is 0 Å². The molecule has 1 N–H and O–H groups in total. The maximum atomic E-state index is 13.6. The molecule has 3 rings (SSSR count). The van der Waals surface area contributed by atoms with Gasteiger partial charge in [-0.2, -0.15) is 0 Å². The molecule has 0 saturated heterocycles. The van der Waals surface area contributed by atoms with Gasteiger partial charge in [-0.05, 0) is 37.1 Å². The topological polar surface area (TPSA) is 32.3 Å². The number of nitrogens with one attached hydrogen (secondary N) is 1. The van der Waals surface area contributed by atoms with E-state index in [-0.39, 0.29) is 24.2 Å². The number of amides is 1. The lowest BCUT2D eigenvalue weighted by Crippen LogP contribution is -2.37. The van der Waals surface area contributed by atoms with Crippen molar-refractivity contribution in [3.63, 3.8) is 0 Å². The number of hydrogen-bond donors (Lipinski definition) is 1. The number of halogens is 1. The minimum absolute atomic E-state index is 0.205. The molecule has 0 aliphatic carbocycles. The zero-order chi connectivity index (χ0) is 14.8. The number of rotatable bonds is 3. The van der Waals surface area contributed by atoms with Crippen molar-refractivity contribution in [2.75, 3.05) is 16.8 Å². The van der Waals surface area contributed by atoms with Crippen molar-refractivity contribution in [3.8, 4) is 0 Å². The average Bonchev–Trinajstić information content (AvgIpc) is 2.78. The normalized spacial score (nSPS) is 16.7. The Morgan fingerprint density at radius 3 is 2.76 bits per heavy atom. The molecule has 1 amide bonds. The van der Waals surface area contributed by atoms with Crippen LogP contribution in [0, 0.1) is 5.82 Å². The van der Waals surface area contributed by atoms with Crippen LogP contribution in [0.1, 0.15) is 12.5 Å². The van der Waals surface area contributed by atoms with Gasteiger partial charge in [0, 0.05) is 11.7 Å². The molecule has 0 fully saturated rings. The van der Waals surface area contributed by atoms with Crippen LogP contribution in [0.25, 0.3) is 0 Å². The van der Waals surface area contributed by atoms with Gasteiger partial charge < -0.3 is 10.2 Å². The van der Waals surface area contributed by atoms with Gasteiger partial charge in [0.15, 0.2) is 0 Å². The SMILES string of the molecule is CC1Cc2ccccc2N1CC(=O)Nc1ccccc1F. The van der Waals surface area contributed by atoms with Crippen molar-refractivity contribution in [1.82, 2.24) is 0 Å². The molecule has 4 heteroatoms. The van der Waals surface area contributed by atoms with Gasteiger partial charge in [0.25, 0.3) is 0 Å². The van der Waals surface area contributed by atoms with Gasteiger partial charge in [0.2, 0.25) is 5.91 Å². The van der Waals surface area contributed by atoms with Crippen LogP contribution in [0.2, 0.25) is 0 Å². The Kier molecular flexibility index (Phi) is 3.60. The number of carbonyl (C=O) groups is 1. The monoisotopic (exact) mass is 284 g/mol. The van der Waals surface area contributed by atoms with Gasteiger partial charge >= 0.3 is 0 Å². The lowest BCUT2D eigenvalue weighted by Gasteiger charge is -2.24. The first-order valence-electron chi connectivity index (χ1n) is 7.04. The van der Waals surface area contributed by atoms with Gasteiger partial charge in [-0.15, -0.1) is 0 Å². The molecule has 1 aliphatic rings. The highest BCUT2D eigenvalue weighted by Crippen LogP contribution is 2.31. The van der Waals surface area contributed by atoms with Crippen molar-refractivity contribution >= 4 is 17.3 Å². The molecule has 1 aliphatic heterocycles. The number of hydrogen-bond acceptors (Lipinski definition) is 2. The Bertz CT molecular complexity index is 671. The first-order chi connectivity index (χ1) is 10.1. The van der Waals surface area contributed by atoms with E-state index in [2.05, 4.69) is 23.2 Å². The van der Waals surface area contributed by atoms with Crippen molar-refractivity contribution in [1.29, 1.82) is 0 Å². The Hall–Kier alpha value is -2.36. The third kappa shape index (κ3) is 2.75. The number of carbonyl (C=O) groups excluding carboxylic acids is 1. The third-order valence-electron chi connectivity index (χ3n) is 3.81. The number of benzene rings is 2. The summed E-state index contributed by atoms with van der Waals surface area (Å²) in [5.74, 6) is -0.621. The Morgan fingerprint density at radius 2 is 1.95 bits per heavy atom. The molecule has 1 atom stereocenters. The van der Waals surface area contributed by atoms with Crippen molar-refractivity contribution < 1.29 is 9.18 Å². The van der Waals surface area contributed by atoms with E-state index in [1.807, 2.05) is 18.2 Å². The Morgan fingerprint density at radius 1 is 1.24 bits per heavy atom. The van der Waals surface area contributed by atoms with Gasteiger partial charge in [-0.3, -0.25) is 4.79 Å². The summed E-state index contributed by atoms with van der Waals surface area (Å²) in [6, 6.07) is 14.6. The van der Waals surface area contributed by atoms with E-state index in [1.165, 1.54) is 11.6 Å². The molecular formula is C17H17FN2O. The highest BCUT2D eigenvalue weighted by atomic mass is 19.1. The molecule has 3 nitrogen and oxygen atoms in total. The maximum absolute atomic E-state index is 13.6. The van der Waals surface area contributed by atoms with Crippen molar-refractivity contribution in [2.24, 2.45) is 0 Å². The van der Waals surface area contributed by atoms with Crippen LogP contribution >= 0.6 is 0 Å². The van der Waals surface area contributed by atoms with E-state index in [1.54, 1.807) is 18.2 Å². The first-order valence-corrected chi connectivity index (χ1v) is 7.04. The number of anilines is 2. The fourth-order valence-electron chi connectivity index (χ4n) is 2.78. The fraction of sp³-hybridized carbons (Fsp3) is 0.235. The average molecular weight is 284 g/mol. The quantitative estimate of drug-likeness (QED) is 0.938. The molecule has 0 spiro atoms. The lowest BCUT2D eigenvalue weighted by molar-refractivity contribution is -0.115. The van der Waals surface area contributed by atoms with Crippen LogP contribution in [0.15, 0.2) is 48.5 Å². The van der Waals surface area contributed by atoms with E-state index in [4.69, 9.17) is 0 Å². The molecule has 21 heavy (non-hydrogen) atoms. The van der Waals surface area contributed by atoms with Gasteiger partial charge in [-0.1, -0.05) is 30.3 Å². The molecule has 0 saturated carbocycles. The highest BCUT2D eigenvalue weighted by molar-refractivity contribution is 5.94. The minimum atomic E-state index is -0.416. The molecule has 0 radical (unpaired) electrons. The summed E-state index contributed by atoms with van der Waals surface area (Å²) in [7, 11) is 0.